The van der Waals surface area contributed by atoms with Crippen LogP contribution in [0.4, 0.5) is 0 Å². The van der Waals surface area contributed by atoms with E-state index in [9.17, 15) is 19.5 Å². The lowest BCUT2D eigenvalue weighted by molar-refractivity contribution is -0.135. The lowest BCUT2D eigenvalue weighted by Crippen LogP contribution is -2.37. The molecule has 2 aromatic carbocycles. The summed E-state index contributed by atoms with van der Waals surface area (Å²) in [6.07, 6.45) is 0. The van der Waals surface area contributed by atoms with Crippen LogP contribution < -0.4 is 15.6 Å². The van der Waals surface area contributed by atoms with E-state index < -0.39 is 35.3 Å². The van der Waals surface area contributed by atoms with E-state index in [1.807, 2.05) is 0 Å². The molecule has 3 rings (SSSR count). The molecule has 1 amide bonds. The van der Waals surface area contributed by atoms with E-state index in [0.717, 1.165) is 4.68 Å². The van der Waals surface area contributed by atoms with Crippen molar-refractivity contribution in [2.75, 3.05) is 13.7 Å². The van der Waals surface area contributed by atoms with Gasteiger partial charge in [0, 0.05) is 10.6 Å². The first kappa shape index (κ1) is 21.8. The molecule has 3 aromatic rings. The van der Waals surface area contributed by atoms with Gasteiger partial charge < -0.3 is 20.3 Å². The number of ether oxygens (including phenoxy) is 1. The van der Waals surface area contributed by atoms with Crippen molar-refractivity contribution in [2.24, 2.45) is 0 Å². The zero-order valence-electron chi connectivity index (χ0n) is 16.3. The Bertz CT molecular complexity index is 1210. The van der Waals surface area contributed by atoms with Crippen LogP contribution in [0.25, 0.3) is 11.3 Å². The number of carboxylic acid groups (broad SMARTS) is 1. The maximum absolute atomic E-state index is 13.0. The Morgan fingerprint density at radius 1 is 1.16 bits per heavy atom. The van der Waals surface area contributed by atoms with Crippen molar-refractivity contribution in [2.45, 2.75) is 6.54 Å². The van der Waals surface area contributed by atoms with Crippen LogP contribution in [0.15, 0.2) is 53.3 Å². The summed E-state index contributed by atoms with van der Waals surface area (Å²) in [7, 11) is 1.43. The fraction of sp³-hybridized carbons (Fsp3) is 0.143. The number of rotatable bonds is 7. The molecule has 9 nitrogen and oxygen atoms in total. The SMILES string of the molecule is COc1ccccc1-c1nn(Cc2ccccc2Cl)c(=O)c(C(=O)NCC(=O)O)c1O. The molecule has 10 heteroatoms. The second kappa shape index (κ2) is 9.31. The molecule has 0 fully saturated rings. The first-order valence-corrected chi connectivity index (χ1v) is 9.42. The Morgan fingerprint density at radius 3 is 2.52 bits per heavy atom. The van der Waals surface area contributed by atoms with Gasteiger partial charge >= 0.3 is 5.97 Å². The molecule has 3 N–H and O–H groups in total. The van der Waals surface area contributed by atoms with Gasteiger partial charge in [0.15, 0.2) is 11.3 Å². The first-order chi connectivity index (χ1) is 14.8. The topological polar surface area (TPSA) is 131 Å². The number of amides is 1. The molecule has 31 heavy (non-hydrogen) atoms. The minimum absolute atomic E-state index is 0.0791. The number of carboxylic acids is 1. The Balaban J connectivity index is 2.22. The average molecular weight is 444 g/mol. The molecule has 1 aromatic heterocycles. The van der Waals surface area contributed by atoms with Gasteiger partial charge in [0.05, 0.1) is 13.7 Å². The number of aliphatic carboxylic acids is 1. The molecular formula is C21H18ClN3O6. The predicted molar refractivity (Wildman–Crippen MR) is 113 cm³/mol. The number of methoxy groups -OCH3 is 1. The van der Waals surface area contributed by atoms with Crippen LogP contribution in [0.2, 0.25) is 5.02 Å². The highest BCUT2D eigenvalue weighted by molar-refractivity contribution is 6.31. The van der Waals surface area contributed by atoms with E-state index >= 15 is 0 Å². The van der Waals surface area contributed by atoms with Gasteiger partial charge in [-0.25, -0.2) is 4.68 Å². The minimum Gasteiger partial charge on any atom is -0.505 e. The summed E-state index contributed by atoms with van der Waals surface area (Å²) in [6.45, 7) is -0.811. The van der Waals surface area contributed by atoms with Crippen molar-refractivity contribution in [1.29, 1.82) is 0 Å². The number of nitrogens with one attached hydrogen (secondary N) is 1. The van der Waals surface area contributed by atoms with Crippen molar-refractivity contribution >= 4 is 23.5 Å². The van der Waals surface area contributed by atoms with Crippen molar-refractivity contribution in [1.82, 2.24) is 15.1 Å². The minimum atomic E-state index is -1.30. The fourth-order valence-corrected chi connectivity index (χ4v) is 3.12. The van der Waals surface area contributed by atoms with Crippen LogP contribution in [0.3, 0.4) is 0 Å². The Hall–Kier alpha value is -3.85. The molecular weight excluding hydrogens is 426 g/mol. The quantitative estimate of drug-likeness (QED) is 0.509. The number of carbonyl (C=O) groups excluding carboxylic acids is 1. The van der Waals surface area contributed by atoms with Gasteiger partial charge in [-0.1, -0.05) is 41.9 Å². The molecule has 0 aliphatic rings. The van der Waals surface area contributed by atoms with E-state index in [1.54, 1.807) is 48.5 Å². The lowest BCUT2D eigenvalue weighted by atomic mass is 10.1. The summed E-state index contributed by atoms with van der Waals surface area (Å²) in [4.78, 5) is 36.4. The standard InChI is InChI=1S/C21H18ClN3O6/c1-31-15-9-5-3-7-13(15)18-19(28)17(20(29)23-10-16(26)27)21(30)25(24-18)11-12-6-2-4-8-14(12)22/h2-9,28H,10-11H2,1H3,(H,23,29)(H,26,27). The third-order valence-corrected chi connectivity index (χ3v) is 4.77. The number of para-hydroxylation sites is 1. The molecule has 160 valence electrons. The van der Waals surface area contributed by atoms with Crippen molar-refractivity contribution in [3.8, 4) is 22.8 Å². The summed E-state index contributed by atoms with van der Waals surface area (Å²) in [6, 6.07) is 13.4. The number of nitrogens with zero attached hydrogens (tertiary/aromatic N) is 2. The summed E-state index contributed by atoms with van der Waals surface area (Å²) in [5.41, 5.74) is -0.720. The van der Waals surface area contributed by atoms with Gasteiger partial charge in [0.1, 0.15) is 18.0 Å². The predicted octanol–water partition coefficient (Wildman–Crippen LogP) is 2.14. The van der Waals surface area contributed by atoms with Crippen LogP contribution in [-0.4, -0.2) is 45.5 Å². The smallest absolute Gasteiger partial charge is 0.322 e. The van der Waals surface area contributed by atoms with Gasteiger partial charge in [0.25, 0.3) is 11.5 Å². The van der Waals surface area contributed by atoms with Gasteiger partial charge in [-0.05, 0) is 23.8 Å². The molecule has 0 aliphatic carbocycles. The summed E-state index contributed by atoms with van der Waals surface area (Å²) >= 11 is 6.19. The molecule has 1 heterocycles. The highest BCUT2D eigenvalue weighted by atomic mass is 35.5. The van der Waals surface area contributed by atoms with E-state index in [4.69, 9.17) is 21.4 Å². The summed E-state index contributed by atoms with van der Waals surface area (Å²) in [5.74, 6) is -2.68. The van der Waals surface area contributed by atoms with Crippen molar-refractivity contribution in [3.05, 3.63) is 75.0 Å². The van der Waals surface area contributed by atoms with E-state index in [1.165, 1.54) is 7.11 Å². The van der Waals surface area contributed by atoms with Crippen molar-refractivity contribution in [3.63, 3.8) is 0 Å². The molecule has 0 radical (unpaired) electrons. The number of benzene rings is 2. The Kier molecular flexibility index (Phi) is 6.56. The third-order valence-electron chi connectivity index (χ3n) is 4.40. The van der Waals surface area contributed by atoms with E-state index in [0.29, 0.717) is 21.9 Å². The van der Waals surface area contributed by atoms with Crippen LogP contribution in [0.5, 0.6) is 11.5 Å². The number of hydrogen-bond acceptors (Lipinski definition) is 6. The van der Waals surface area contributed by atoms with Crippen molar-refractivity contribution < 1.29 is 24.5 Å². The maximum atomic E-state index is 13.0. The molecule has 0 saturated carbocycles. The normalized spacial score (nSPS) is 10.5. The lowest BCUT2D eigenvalue weighted by Gasteiger charge is -2.15. The highest BCUT2D eigenvalue weighted by Gasteiger charge is 2.25. The van der Waals surface area contributed by atoms with Gasteiger partial charge in [-0.15, -0.1) is 0 Å². The first-order valence-electron chi connectivity index (χ1n) is 9.04. The zero-order chi connectivity index (χ0) is 22.5. The molecule has 0 saturated heterocycles. The Labute approximate surface area is 181 Å². The highest BCUT2D eigenvalue weighted by Crippen LogP contribution is 2.34. The average Bonchev–Trinajstić information content (AvgIpc) is 2.75. The summed E-state index contributed by atoms with van der Waals surface area (Å²) in [5, 5.41) is 26.3. The number of aromatic nitrogens is 2. The van der Waals surface area contributed by atoms with Gasteiger partial charge in [-0.3, -0.25) is 14.4 Å². The van der Waals surface area contributed by atoms with Gasteiger partial charge in [-0.2, -0.15) is 5.10 Å². The number of carbonyl (C=O) groups is 2. The van der Waals surface area contributed by atoms with Crippen LogP contribution in [0, 0.1) is 0 Å². The number of halogens is 1. The van der Waals surface area contributed by atoms with E-state index in [-0.39, 0.29) is 12.2 Å². The second-order valence-electron chi connectivity index (χ2n) is 6.40. The summed E-state index contributed by atoms with van der Waals surface area (Å²) < 4.78 is 6.29. The molecule has 0 unspecified atom stereocenters. The maximum Gasteiger partial charge on any atom is 0.322 e. The number of aromatic hydroxyl groups is 1. The molecule has 0 bridgehead atoms. The Morgan fingerprint density at radius 2 is 1.84 bits per heavy atom. The van der Waals surface area contributed by atoms with Crippen LogP contribution in [0.1, 0.15) is 15.9 Å². The molecule has 0 spiro atoms. The fourth-order valence-electron chi connectivity index (χ4n) is 2.93. The van der Waals surface area contributed by atoms with Crippen LogP contribution >= 0.6 is 11.6 Å². The molecule has 0 atom stereocenters. The third kappa shape index (κ3) is 4.67. The zero-order valence-corrected chi connectivity index (χ0v) is 17.1. The van der Waals surface area contributed by atoms with Gasteiger partial charge in [0.2, 0.25) is 0 Å². The largest absolute Gasteiger partial charge is 0.505 e. The monoisotopic (exact) mass is 443 g/mol. The van der Waals surface area contributed by atoms with E-state index in [2.05, 4.69) is 10.4 Å². The number of hydrogen-bond donors (Lipinski definition) is 3. The molecule has 0 aliphatic heterocycles. The second-order valence-corrected chi connectivity index (χ2v) is 6.81. The van der Waals surface area contributed by atoms with Crippen LogP contribution in [-0.2, 0) is 11.3 Å².